The second kappa shape index (κ2) is 13.8. The van der Waals surface area contributed by atoms with Gasteiger partial charge in [0.05, 0.1) is 12.7 Å². The maximum Gasteiger partial charge on any atom is 0.176 e. The molecular weight excluding hydrogens is 342 g/mol. The van der Waals surface area contributed by atoms with Crippen molar-refractivity contribution in [1.82, 2.24) is 24.5 Å². The molecule has 27 heavy (non-hydrogen) atoms. The van der Waals surface area contributed by atoms with E-state index < -0.39 is 5.85 Å². The molecule has 0 aliphatic carbocycles. The van der Waals surface area contributed by atoms with Crippen LogP contribution in [0.3, 0.4) is 0 Å². The minimum Gasteiger partial charge on any atom is -0.395 e. The third-order valence-electron chi connectivity index (χ3n) is 5.07. The fourth-order valence-corrected chi connectivity index (χ4v) is 3.19. The maximum atomic E-state index is 9.31. The maximum absolute atomic E-state index is 9.31. The van der Waals surface area contributed by atoms with Gasteiger partial charge in [-0.05, 0) is 102 Å². The van der Waals surface area contributed by atoms with Crippen molar-refractivity contribution >= 4 is 0 Å². The van der Waals surface area contributed by atoms with E-state index in [0.29, 0.717) is 6.54 Å². The van der Waals surface area contributed by atoms with Gasteiger partial charge in [-0.1, -0.05) is 0 Å². The molecule has 164 valence electrons. The Labute approximate surface area is 168 Å². The van der Waals surface area contributed by atoms with E-state index in [-0.39, 0.29) is 12.7 Å². The average Bonchev–Trinajstić information content (AvgIpc) is 2.53. The van der Waals surface area contributed by atoms with Crippen LogP contribution in [-0.2, 0) is 4.74 Å². The average molecular weight is 390 g/mol. The number of aliphatic hydroxyl groups excluding tert-OH is 1. The van der Waals surface area contributed by atoms with Gasteiger partial charge in [-0.15, -0.1) is 0 Å². The summed E-state index contributed by atoms with van der Waals surface area (Å²) in [5, 5.41) is 9.31. The first-order valence-electron chi connectivity index (χ1n) is 10.2. The minimum atomic E-state index is -0.541. The molecule has 0 aliphatic heterocycles. The standard InChI is InChI=1S/C20H47N5O2/c1-19(27-20(2,23(7)8)24(9)16-17-26)18-25(14-10-12-21(3)4)15-11-13-22(5)6/h19,26H,10-18H2,1-9H3. The van der Waals surface area contributed by atoms with Gasteiger partial charge in [-0.2, -0.15) is 0 Å². The summed E-state index contributed by atoms with van der Waals surface area (Å²) in [6, 6.07) is 0. The summed E-state index contributed by atoms with van der Waals surface area (Å²) >= 11 is 0. The van der Waals surface area contributed by atoms with E-state index in [1.807, 2.05) is 21.1 Å². The lowest BCUT2D eigenvalue weighted by Crippen LogP contribution is -2.59. The number of likely N-dealkylation sites (N-methyl/N-ethyl adjacent to an activating group) is 1. The lowest BCUT2D eigenvalue weighted by atomic mass is 10.2. The van der Waals surface area contributed by atoms with Crippen molar-refractivity contribution in [3.05, 3.63) is 0 Å². The zero-order valence-corrected chi connectivity index (χ0v) is 19.5. The molecule has 2 atom stereocenters. The summed E-state index contributed by atoms with van der Waals surface area (Å²) in [6.45, 7) is 10.2. The highest BCUT2D eigenvalue weighted by Gasteiger charge is 2.34. The molecule has 0 heterocycles. The van der Waals surface area contributed by atoms with E-state index >= 15 is 0 Å². The molecule has 0 bridgehead atoms. The Morgan fingerprint density at radius 2 is 1.30 bits per heavy atom. The molecule has 0 saturated heterocycles. The van der Waals surface area contributed by atoms with Crippen molar-refractivity contribution < 1.29 is 9.84 Å². The molecule has 0 fully saturated rings. The summed E-state index contributed by atoms with van der Waals surface area (Å²) in [7, 11) is 14.5. The topological polar surface area (TPSA) is 45.7 Å². The normalized spacial score (nSPS) is 16.1. The Morgan fingerprint density at radius 1 is 0.815 bits per heavy atom. The van der Waals surface area contributed by atoms with Crippen molar-refractivity contribution in [1.29, 1.82) is 0 Å². The summed E-state index contributed by atoms with van der Waals surface area (Å²) in [5.74, 6) is -0.541. The highest BCUT2D eigenvalue weighted by molar-refractivity contribution is 4.75. The Morgan fingerprint density at radius 3 is 1.67 bits per heavy atom. The van der Waals surface area contributed by atoms with Crippen LogP contribution in [-0.4, -0.2) is 137 Å². The van der Waals surface area contributed by atoms with Crippen LogP contribution >= 0.6 is 0 Å². The summed E-state index contributed by atoms with van der Waals surface area (Å²) < 4.78 is 6.48. The van der Waals surface area contributed by atoms with Crippen molar-refractivity contribution in [2.75, 3.05) is 95.2 Å². The number of hydrogen-bond acceptors (Lipinski definition) is 7. The van der Waals surface area contributed by atoms with Crippen LogP contribution in [0.2, 0.25) is 0 Å². The first kappa shape index (κ1) is 26.7. The van der Waals surface area contributed by atoms with Crippen molar-refractivity contribution in [2.24, 2.45) is 0 Å². The van der Waals surface area contributed by atoms with Gasteiger partial charge < -0.3 is 24.5 Å². The lowest BCUT2D eigenvalue weighted by molar-refractivity contribution is -0.240. The molecule has 0 spiro atoms. The summed E-state index contributed by atoms with van der Waals surface area (Å²) in [5.41, 5.74) is 0. The summed E-state index contributed by atoms with van der Waals surface area (Å²) in [6.07, 6.45) is 2.42. The minimum absolute atomic E-state index is 0.0947. The van der Waals surface area contributed by atoms with Crippen LogP contribution in [0.1, 0.15) is 26.7 Å². The van der Waals surface area contributed by atoms with Gasteiger partial charge in [0.2, 0.25) is 0 Å². The van der Waals surface area contributed by atoms with E-state index in [4.69, 9.17) is 4.74 Å². The van der Waals surface area contributed by atoms with E-state index in [9.17, 15) is 5.11 Å². The molecule has 7 heteroatoms. The van der Waals surface area contributed by atoms with Gasteiger partial charge in [0.1, 0.15) is 0 Å². The highest BCUT2D eigenvalue weighted by atomic mass is 16.5. The quantitative estimate of drug-likeness (QED) is 0.391. The van der Waals surface area contributed by atoms with Crippen molar-refractivity contribution in [2.45, 2.75) is 38.6 Å². The molecule has 0 aromatic rings. The number of ether oxygens (including phenoxy) is 1. The smallest absolute Gasteiger partial charge is 0.176 e. The predicted molar refractivity (Wildman–Crippen MR) is 115 cm³/mol. The van der Waals surface area contributed by atoms with Crippen LogP contribution in [0.25, 0.3) is 0 Å². The fraction of sp³-hybridized carbons (Fsp3) is 1.00. The fourth-order valence-electron chi connectivity index (χ4n) is 3.19. The van der Waals surface area contributed by atoms with E-state index in [2.05, 4.69) is 66.5 Å². The highest BCUT2D eigenvalue weighted by Crippen LogP contribution is 2.20. The van der Waals surface area contributed by atoms with Gasteiger partial charge in [0.25, 0.3) is 0 Å². The zero-order valence-electron chi connectivity index (χ0n) is 19.5. The Balaban J connectivity index is 4.82. The lowest BCUT2D eigenvalue weighted by Gasteiger charge is -2.45. The number of hydrogen-bond donors (Lipinski definition) is 1. The first-order chi connectivity index (χ1) is 12.5. The van der Waals surface area contributed by atoms with Crippen molar-refractivity contribution in [3.63, 3.8) is 0 Å². The molecule has 2 unspecified atom stereocenters. The van der Waals surface area contributed by atoms with Gasteiger partial charge in [0, 0.05) is 13.1 Å². The van der Waals surface area contributed by atoms with Crippen LogP contribution < -0.4 is 0 Å². The van der Waals surface area contributed by atoms with E-state index in [1.54, 1.807) is 0 Å². The third-order valence-corrected chi connectivity index (χ3v) is 5.07. The Hall–Kier alpha value is -0.280. The number of rotatable bonds is 16. The van der Waals surface area contributed by atoms with Gasteiger partial charge >= 0.3 is 0 Å². The molecule has 0 saturated carbocycles. The number of nitrogens with zero attached hydrogens (tertiary/aromatic N) is 5. The molecule has 0 radical (unpaired) electrons. The predicted octanol–water partition coefficient (Wildman–Crippen LogP) is 0.756. The number of aliphatic hydroxyl groups is 1. The molecule has 0 aromatic heterocycles. The Kier molecular flexibility index (Phi) is 13.7. The molecule has 0 aromatic carbocycles. The largest absolute Gasteiger partial charge is 0.395 e. The molecule has 7 nitrogen and oxygen atoms in total. The van der Waals surface area contributed by atoms with Gasteiger partial charge in [-0.3, -0.25) is 9.80 Å². The molecule has 0 rings (SSSR count). The van der Waals surface area contributed by atoms with E-state index in [1.165, 1.54) is 0 Å². The zero-order chi connectivity index (χ0) is 21.0. The van der Waals surface area contributed by atoms with Crippen LogP contribution in [0.4, 0.5) is 0 Å². The second-order valence-electron chi connectivity index (χ2n) is 8.52. The summed E-state index contributed by atoms with van der Waals surface area (Å²) in [4.78, 5) is 11.1. The van der Waals surface area contributed by atoms with Crippen LogP contribution in [0.15, 0.2) is 0 Å². The monoisotopic (exact) mass is 389 g/mol. The Bertz CT molecular complexity index is 354. The first-order valence-corrected chi connectivity index (χ1v) is 10.2. The molecule has 1 N–H and O–H groups in total. The van der Waals surface area contributed by atoms with Gasteiger partial charge in [-0.25, -0.2) is 0 Å². The molecule has 0 aliphatic rings. The van der Waals surface area contributed by atoms with Crippen LogP contribution in [0.5, 0.6) is 0 Å². The van der Waals surface area contributed by atoms with E-state index in [0.717, 1.165) is 45.6 Å². The van der Waals surface area contributed by atoms with Gasteiger partial charge in [0.15, 0.2) is 5.85 Å². The SMILES string of the molecule is CC(CN(CCCN(C)C)CCCN(C)C)OC(C)(N(C)C)N(C)CCO. The van der Waals surface area contributed by atoms with Crippen LogP contribution in [0, 0.1) is 0 Å². The van der Waals surface area contributed by atoms with Crippen molar-refractivity contribution in [3.8, 4) is 0 Å². The molecule has 0 amide bonds. The second-order valence-corrected chi connectivity index (χ2v) is 8.52. The molecular formula is C20H47N5O2. The third kappa shape index (κ3) is 11.3.